The predicted octanol–water partition coefficient (Wildman–Crippen LogP) is 3.56. The number of rotatable bonds is 5. The summed E-state index contributed by atoms with van der Waals surface area (Å²) in [5, 5.41) is 8.38. The van der Waals surface area contributed by atoms with Crippen LogP contribution in [0.4, 0.5) is 4.39 Å². The summed E-state index contributed by atoms with van der Waals surface area (Å²) in [4.78, 5) is 29.4. The first-order chi connectivity index (χ1) is 14.5. The minimum absolute atomic E-state index is 0.0202. The number of hydrogen-bond acceptors (Lipinski definition) is 4. The highest BCUT2D eigenvalue weighted by atomic mass is 35.5. The monoisotopic (exact) mass is 422 g/mol. The second kappa shape index (κ2) is 8.42. The van der Waals surface area contributed by atoms with Crippen LogP contribution in [0.3, 0.4) is 0 Å². The van der Waals surface area contributed by atoms with Crippen LogP contribution in [0.5, 0.6) is 0 Å². The minimum Gasteiger partial charge on any atom is -0.346 e. The van der Waals surface area contributed by atoms with E-state index in [0.717, 1.165) is 11.6 Å². The lowest BCUT2D eigenvalue weighted by molar-refractivity contribution is 0.0950. The third-order valence-corrected chi connectivity index (χ3v) is 4.90. The Morgan fingerprint density at radius 2 is 1.90 bits per heavy atom. The number of nitrogens with zero attached hydrogens (tertiary/aromatic N) is 3. The largest absolute Gasteiger partial charge is 0.346 e. The zero-order valence-electron chi connectivity index (χ0n) is 15.7. The molecule has 1 N–H and O–H groups in total. The van der Waals surface area contributed by atoms with Crippen LogP contribution in [0, 0.1) is 5.82 Å². The summed E-state index contributed by atoms with van der Waals surface area (Å²) >= 11 is 5.97. The Hall–Kier alpha value is -3.58. The molecule has 0 aliphatic heterocycles. The highest BCUT2D eigenvalue weighted by Crippen LogP contribution is 2.18. The number of aromatic nitrogens is 3. The number of carbonyl (C=O) groups excluding carboxylic acids is 1. The summed E-state index contributed by atoms with van der Waals surface area (Å²) in [6.45, 7) is 0.322. The molecule has 4 rings (SSSR count). The van der Waals surface area contributed by atoms with Gasteiger partial charge in [0.1, 0.15) is 5.82 Å². The summed E-state index contributed by atoms with van der Waals surface area (Å²) < 4.78 is 14.6. The second-order valence-corrected chi connectivity index (χ2v) is 7.03. The van der Waals surface area contributed by atoms with E-state index >= 15 is 0 Å². The van der Waals surface area contributed by atoms with E-state index in [1.54, 1.807) is 42.7 Å². The van der Waals surface area contributed by atoms with Crippen molar-refractivity contribution in [2.45, 2.75) is 13.1 Å². The van der Waals surface area contributed by atoms with Crippen LogP contribution in [-0.4, -0.2) is 20.7 Å². The molecule has 0 bridgehead atoms. The molecule has 0 saturated carbocycles. The lowest BCUT2D eigenvalue weighted by Gasteiger charge is -2.12. The molecule has 0 aliphatic rings. The Morgan fingerprint density at radius 1 is 1.10 bits per heavy atom. The maximum absolute atomic E-state index is 13.2. The normalized spacial score (nSPS) is 10.9. The fourth-order valence-electron chi connectivity index (χ4n) is 3.14. The second-order valence-electron chi connectivity index (χ2n) is 6.62. The summed E-state index contributed by atoms with van der Waals surface area (Å²) in [6, 6.07) is 14.3. The fourth-order valence-corrected chi connectivity index (χ4v) is 3.39. The van der Waals surface area contributed by atoms with Crippen molar-refractivity contribution < 1.29 is 9.18 Å². The molecule has 2 heterocycles. The van der Waals surface area contributed by atoms with Gasteiger partial charge in [-0.2, -0.15) is 5.10 Å². The molecular formula is C22H16ClFN4O2. The molecule has 0 fully saturated rings. The number of fused-ring (bicyclic) bond motifs is 1. The van der Waals surface area contributed by atoms with Crippen LogP contribution >= 0.6 is 11.6 Å². The fraction of sp³-hybridized carbons (Fsp3) is 0.0909. The Bertz CT molecular complexity index is 1290. The zero-order chi connectivity index (χ0) is 21.1. The van der Waals surface area contributed by atoms with E-state index in [2.05, 4.69) is 15.4 Å². The molecule has 0 radical (unpaired) electrons. The van der Waals surface area contributed by atoms with Crippen molar-refractivity contribution in [2.75, 3.05) is 0 Å². The van der Waals surface area contributed by atoms with Crippen molar-refractivity contribution >= 4 is 28.3 Å². The molecular weight excluding hydrogens is 407 g/mol. The molecule has 1 amide bonds. The van der Waals surface area contributed by atoms with Gasteiger partial charge in [0.25, 0.3) is 11.5 Å². The van der Waals surface area contributed by atoms with E-state index in [4.69, 9.17) is 11.6 Å². The topological polar surface area (TPSA) is 76.9 Å². The molecule has 0 aliphatic carbocycles. The molecule has 0 unspecified atom stereocenters. The van der Waals surface area contributed by atoms with Crippen LogP contribution in [-0.2, 0) is 13.1 Å². The summed E-state index contributed by atoms with van der Waals surface area (Å²) in [7, 11) is 0. The molecule has 0 saturated heterocycles. The van der Waals surface area contributed by atoms with Gasteiger partial charge in [-0.1, -0.05) is 35.9 Å². The Morgan fingerprint density at radius 3 is 2.63 bits per heavy atom. The summed E-state index contributed by atoms with van der Waals surface area (Å²) in [5.41, 5.74) is 1.29. The van der Waals surface area contributed by atoms with Gasteiger partial charge in [-0.3, -0.25) is 14.6 Å². The number of hydrogen-bond donors (Lipinski definition) is 1. The highest BCUT2D eigenvalue weighted by Gasteiger charge is 2.14. The molecule has 4 aromatic rings. The first kappa shape index (κ1) is 19.7. The first-order valence-electron chi connectivity index (χ1n) is 9.14. The van der Waals surface area contributed by atoms with Crippen molar-refractivity contribution in [3.63, 3.8) is 0 Å². The van der Waals surface area contributed by atoms with Gasteiger partial charge in [0.2, 0.25) is 0 Å². The van der Waals surface area contributed by atoms with Gasteiger partial charge in [0.05, 0.1) is 34.8 Å². The Kier molecular flexibility index (Phi) is 5.54. The van der Waals surface area contributed by atoms with E-state index < -0.39 is 11.7 Å². The standard InChI is InChI=1S/C22H16ClFN4O2/c23-19-10-15(24)7-8-18(19)21(29)26-12-20-16-5-1-2-6-17(16)22(30)28(27-20)13-14-4-3-9-25-11-14/h1-11H,12-13H2,(H,26,29). The highest BCUT2D eigenvalue weighted by molar-refractivity contribution is 6.33. The first-order valence-corrected chi connectivity index (χ1v) is 9.51. The minimum atomic E-state index is -0.522. The summed E-state index contributed by atoms with van der Waals surface area (Å²) in [6.07, 6.45) is 3.32. The number of pyridine rings is 1. The van der Waals surface area contributed by atoms with Gasteiger partial charge in [-0.05, 0) is 35.9 Å². The molecule has 8 heteroatoms. The molecule has 2 aromatic heterocycles. The summed E-state index contributed by atoms with van der Waals surface area (Å²) in [5.74, 6) is -0.984. The number of nitrogens with one attached hydrogen (secondary N) is 1. The van der Waals surface area contributed by atoms with E-state index in [9.17, 15) is 14.0 Å². The SMILES string of the molecule is O=C(NCc1nn(Cc2cccnc2)c(=O)c2ccccc12)c1ccc(F)cc1Cl. The molecule has 2 aromatic carbocycles. The molecule has 6 nitrogen and oxygen atoms in total. The van der Waals surface area contributed by atoms with Crippen molar-refractivity contribution in [3.05, 3.63) is 105 Å². The third-order valence-electron chi connectivity index (χ3n) is 4.59. The molecule has 30 heavy (non-hydrogen) atoms. The molecule has 150 valence electrons. The van der Waals surface area contributed by atoms with Crippen LogP contribution in [0.1, 0.15) is 21.6 Å². The smallest absolute Gasteiger partial charge is 0.274 e. The van der Waals surface area contributed by atoms with E-state index in [0.29, 0.717) is 16.5 Å². The van der Waals surface area contributed by atoms with Crippen molar-refractivity contribution in [1.82, 2.24) is 20.1 Å². The number of benzene rings is 2. The van der Waals surface area contributed by atoms with E-state index in [-0.39, 0.29) is 29.2 Å². The number of halogens is 2. The maximum Gasteiger partial charge on any atom is 0.274 e. The van der Waals surface area contributed by atoms with E-state index in [1.807, 2.05) is 6.07 Å². The van der Waals surface area contributed by atoms with Crippen LogP contribution in [0.15, 0.2) is 71.8 Å². The van der Waals surface area contributed by atoms with Crippen molar-refractivity contribution in [3.8, 4) is 0 Å². The van der Waals surface area contributed by atoms with Gasteiger partial charge in [0, 0.05) is 17.8 Å². The zero-order valence-corrected chi connectivity index (χ0v) is 16.4. The van der Waals surface area contributed by atoms with Crippen molar-refractivity contribution in [1.29, 1.82) is 0 Å². The number of carbonyl (C=O) groups is 1. The average Bonchev–Trinajstić information content (AvgIpc) is 2.75. The predicted molar refractivity (Wildman–Crippen MR) is 112 cm³/mol. The molecule has 0 atom stereocenters. The van der Waals surface area contributed by atoms with Gasteiger partial charge in [-0.25, -0.2) is 9.07 Å². The van der Waals surface area contributed by atoms with Gasteiger partial charge in [-0.15, -0.1) is 0 Å². The lowest BCUT2D eigenvalue weighted by Crippen LogP contribution is -2.29. The van der Waals surface area contributed by atoms with Gasteiger partial charge >= 0.3 is 0 Å². The van der Waals surface area contributed by atoms with Crippen LogP contribution in [0.25, 0.3) is 10.8 Å². The van der Waals surface area contributed by atoms with Gasteiger partial charge in [0.15, 0.2) is 0 Å². The van der Waals surface area contributed by atoms with Crippen LogP contribution in [0.2, 0.25) is 5.02 Å². The van der Waals surface area contributed by atoms with Gasteiger partial charge < -0.3 is 5.32 Å². The molecule has 0 spiro atoms. The number of amides is 1. The van der Waals surface area contributed by atoms with E-state index in [1.165, 1.54) is 16.8 Å². The van der Waals surface area contributed by atoms with Crippen molar-refractivity contribution in [2.24, 2.45) is 0 Å². The van der Waals surface area contributed by atoms with Crippen LogP contribution < -0.4 is 10.9 Å². The lowest BCUT2D eigenvalue weighted by atomic mass is 10.1. The quantitative estimate of drug-likeness (QED) is 0.533. The Balaban J connectivity index is 1.66. The average molecular weight is 423 g/mol. The maximum atomic E-state index is 13.2. The third kappa shape index (κ3) is 4.06. The Labute approximate surface area is 176 Å².